The van der Waals surface area contributed by atoms with Crippen LogP contribution in [0.25, 0.3) is 110 Å². The normalized spacial score (nSPS) is 12.4. The van der Waals surface area contributed by atoms with E-state index in [2.05, 4.69) is 18.2 Å². The first-order chi connectivity index (χ1) is 28.4. The number of fused-ring (bicyclic) bond motifs is 14. The van der Waals surface area contributed by atoms with Gasteiger partial charge in [-0.25, -0.2) is 0 Å². The lowest BCUT2D eigenvalue weighted by atomic mass is 9.96. The predicted molar refractivity (Wildman–Crippen MR) is 225 cm³/mol. The summed E-state index contributed by atoms with van der Waals surface area (Å²) in [6.07, 6.45) is -4.65. The Morgan fingerprint density at radius 3 is 1.40 bits per heavy atom. The molecule has 0 atom stereocenters. The fraction of sp³-hybridized carbons (Fsp3) is 0.0200. The Morgan fingerprint density at radius 2 is 0.897 bits per heavy atom. The topological polar surface area (TPSA) is 59.9 Å². The Balaban J connectivity index is 1.31. The molecular weight excluding hydrogens is 732 g/mol. The van der Waals surface area contributed by atoms with Crippen molar-refractivity contribution in [1.29, 1.82) is 5.26 Å². The number of hydrogen-bond acceptors (Lipinski definition) is 3. The second-order valence-corrected chi connectivity index (χ2v) is 14.6. The third kappa shape index (κ3) is 4.35. The largest absolute Gasteiger partial charge is 0.454 e. The van der Waals surface area contributed by atoms with Crippen LogP contribution in [0.4, 0.5) is 13.2 Å². The minimum atomic E-state index is -4.65. The molecule has 0 spiro atoms. The minimum Gasteiger partial charge on any atom is -0.454 e. The third-order valence-electron chi connectivity index (χ3n) is 11.6. The smallest absolute Gasteiger partial charge is 0.417 e. The Labute approximate surface area is 326 Å². The fourth-order valence-corrected chi connectivity index (χ4v) is 9.18. The Kier molecular flexibility index (Phi) is 6.52. The Bertz CT molecular complexity index is 3550. The van der Waals surface area contributed by atoms with Gasteiger partial charge in [-0.3, -0.25) is 0 Å². The SMILES string of the molecule is N#Cc1c(-n2c3ccccc3c3ccc4c5ccccc5oc4c32)cc(-c2ccccc2C(F)(F)F)cc1-n1c2ccccc2c2ccc3c4ccccc4oc3c21. The number of halogens is 3. The number of alkyl halides is 3. The van der Waals surface area contributed by atoms with E-state index in [9.17, 15) is 18.4 Å². The summed E-state index contributed by atoms with van der Waals surface area (Å²) in [5, 5.41) is 18.7. The predicted octanol–water partition coefficient (Wildman–Crippen LogP) is 14.2. The summed E-state index contributed by atoms with van der Waals surface area (Å²) in [5.41, 5.74) is 6.20. The highest BCUT2D eigenvalue weighted by Gasteiger charge is 2.34. The van der Waals surface area contributed by atoms with Gasteiger partial charge in [0.1, 0.15) is 22.8 Å². The van der Waals surface area contributed by atoms with Crippen LogP contribution >= 0.6 is 0 Å². The van der Waals surface area contributed by atoms with Crippen LogP contribution in [0.1, 0.15) is 11.1 Å². The van der Waals surface area contributed by atoms with Gasteiger partial charge in [-0.15, -0.1) is 0 Å². The molecule has 12 aromatic rings. The molecular formula is C50H26F3N3O2. The maximum Gasteiger partial charge on any atom is 0.417 e. The highest BCUT2D eigenvalue weighted by atomic mass is 19.4. The highest BCUT2D eigenvalue weighted by molar-refractivity contribution is 6.23. The summed E-state index contributed by atoms with van der Waals surface area (Å²) in [5.74, 6) is 0. The van der Waals surface area contributed by atoms with E-state index in [-0.39, 0.29) is 11.1 Å². The van der Waals surface area contributed by atoms with Crippen molar-refractivity contribution in [2.45, 2.75) is 6.18 Å². The van der Waals surface area contributed by atoms with Gasteiger partial charge in [0.05, 0.1) is 39.0 Å². The van der Waals surface area contributed by atoms with E-state index >= 15 is 0 Å². The molecule has 12 rings (SSSR count). The first-order valence-corrected chi connectivity index (χ1v) is 18.8. The molecule has 0 bridgehead atoms. The molecule has 0 aliphatic heterocycles. The molecule has 0 aliphatic carbocycles. The number of nitriles is 1. The molecule has 274 valence electrons. The molecule has 8 aromatic carbocycles. The van der Waals surface area contributed by atoms with Gasteiger partial charge in [0, 0.05) is 43.1 Å². The van der Waals surface area contributed by atoms with Crippen LogP contribution in [0.5, 0.6) is 0 Å². The highest BCUT2D eigenvalue weighted by Crippen LogP contribution is 2.46. The van der Waals surface area contributed by atoms with Gasteiger partial charge in [0.25, 0.3) is 0 Å². The van der Waals surface area contributed by atoms with E-state index in [0.717, 1.165) is 60.2 Å². The van der Waals surface area contributed by atoms with Crippen LogP contribution in [-0.4, -0.2) is 9.13 Å². The molecule has 8 heteroatoms. The van der Waals surface area contributed by atoms with E-state index in [1.807, 2.05) is 118 Å². The average molecular weight is 758 g/mol. The summed E-state index contributed by atoms with van der Waals surface area (Å²) in [4.78, 5) is 0. The van der Waals surface area contributed by atoms with Crippen molar-refractivity contribution in [2.75, 3.05) is 0 Å². The number of aromatic nitrogens is 2. The molecule has 0 amide bonds. The summed E-state index contributed by atoms with van der Waals surface area (Å²) in [7, 11) is 0. The molecule has 0 fully saturated rings. The van der Waals surface area contributed by atoms with Gasteiger partial charge in [0.2, 0.25) is 0 Å². The van der Waals surface area contributed by atoms with E-state index in [1.165, 1.54) is 12.1 Å². The maximum atomic E-state index is 14.9. The van der Waals surface area contributed by atoms with Crippen molar-refractivity contribution in [3.8, 4) is 28.6 Å². The van der Waals surface area contributed by atoms with Gasteiger partial charge in [-0.2, -0.15) is 18.4 Å². The lowest BCUT2D eigenvalue weighted by Crippen LogP contribution is -2.09. The van der Waals surface area contributed by atoms with Crippen molar-refractivity contribution >= 4 is 87.5 Å². The van der Waals surface area contributed by atoms with Gasteiger partial charge in [-0.1, -0.05) is 103 Å². The zero-order valence-electron chi connectivity index (χ0n) is 30.3. The summed E-state index contributed by atoms with van der Waals surface area (Å²) >= 11 is 0. The first kappa shape index (κ1) is 32.5. The number of rotatable bonds is 3. The molecule has 0 aliphatic rings. The van der Waals surface area contributed by atoms with Gasteiger partial charge < -0.3 is 18.0 Å². The summed E-state index contributed by atoms with van der Waals surface area (Å²) in [6, 6.07) is 51.1. The molecule has 0 unspecified atom stereocenters. The van der Waals surface area contributed by atoms with Gasteiger partial charge >= 0.3 is 6.18 Å². The fourth-order valence-electron chi connectivity index (χ4n) is 9.18. The third-order valence-corrected chi connectivity index (χ3v) is 11.6. The molecule has 58 heavy (non-hydrogen) atoms. The standard InChI is InChI=1S/C50H26F3N3O2/c51-50(52,53)39-16-6-1-11-29(39)28-25-42(55-40-17-7-2-12-30(40)34-21-23-36-32-14-4-9-19-44(32)57-48(36)46(34)55)38(27-54)43(26-28)56-41-18-8-3-13-31(41)35-22-24-37-33-15-5-10-20-45(33)58-49(37)47(35)56/h1-26H. The van der Waals surface area contributed by atoms with Gasteiger partial charge in [0.15, 0.2) is 11.2 Å². The first-order valence-electron chi connectivity index (χ1n) is 18.8. The van der Waals surface area contributed by atoms with Crippen LogP contribution < -0.4 is 0 Å². The molecule has 4 aromatic heterocycles. The van der Waals surface area contributed by atoms with Crippen LogP contribution in [0.15, 0.2) is 167 Å². The summed E-state index contributed by atoms with van der Waals surface area (Å²) < 4.78 is 62.0. The van der Waals surface area contributed by atoms with E-state index in [1.54, 1.807) is 18.2 Å². The van der Waals surface area contributed by atoms with Crippen LogP contribution in [0.2, 0.25) is 0 Å². The molecule has 0 saturated carbocycles. The average Bonchev–Trinajstić information content (AvgIpc) is 4.00. The molecule has 0 N–H and O–H groups in total. The number of nitrogens with zero attached hydrogens (tertiary/aromatic N) is 3. The molecule has 0 saturated heterocycles. The van der Waals surface area contributed by atoms with E-state index < -0.39 is 11.7 Å². The molecule has 4 heterocycles. The number of hydrogen-bond donors (Lipinski definition) is 0. The molecule has 0 radical (unpaired) electrons. The van der Waals surface area contributed by atoms with E-state index in [4.69, 9.17) is 8.83 Å². The lowest BCUT2D eigenvalue weighted by Gasteiger charge is -2.20. The molecule has 5 nitrogen and oxygen atoms in total. The van der Waals surface area contributed by atoms with Crippen molar-refractivity contribution in [3.05, 3.63) is 169 Å². The Hall–Kier alpha value is -7.76. The van der Waals surface area contributed by atoms with Crippen molar-refractivity contribution in [1.82, 2.24) is 9.13 Å². The number of benzene rings is 8. The van der Waals surface area contributed by atoms with E-state index in [0.29, 0.717) is 50.3 Å². The Morgan fingerprint density at radius 1 is 0.466 bits per heavy atom. The van der Waals surface area contributed by atoms with Crippen molar-refractivity contribution in [3.63, 3.8) is 0 Å². The number of furan rings is 2. The van der Waals surface area contributed by atoms with Crippen molar-refractivity contribution in [2.24, 2.45) is 0 Å². The quantitative estimate of drug-likeness (QED) is 0.180. The zero-order chi connectivity index (χ0) is 38.9. The number of para-hydroxylation sites is 4. The second kappa shape index (κ2) is 11.6. The van der Waals surface area contributed by atoms with Crippen LogP contribution in [-0.2, 0) is 6.18 Å². The van der Waals surface area contributed by atoms with Gasteiger partial charge in [-0.05, 0) is 65.7 Å². The zero-order valence-corrected chi connectivity index (χ0v) is 30.3. The maximum absolute atomic E-state index is 14.9. The monoisotopic (exact) mass is 757 g/mol. The minimum absolute atomic E-state index is 0.00806. The lowest BCUT2D eigenvalue weighted by molar-refractivity contribution is -0.137. The van der Waals surface area contributed by atoms with Crippen LogP contribution in [0.3, 0.4) is 0 Å². The van der Waals surface area contributed by atoms with Crippen molar-refractivity contribution < 1.29 is 22.0 Å². The van der Waals surface area contributed by atoms with Crippen LogP contribution in [0, 0.1) is 11.3 Å². The summed E-state index contributed by atoms with van der Waals surface area (Å²) in [6.45, 7) is 0. The second-order valence-electron chi connectivity index (χ2n) is 14.6.